The van der Waals surface area contributed by atoms with Gasteiger partial charge in [-0.05, 0) is 41.5 Å². The van der Waals surface area contributed by atoms with E-state index in [9.17, 15) is 4.79 Å². The van der Waals surface area contributed by atoms with Crippen LogP contribution in [0.4, 0.5) is 4.79 Å². The van der Waals surface area contributed by atoms with Crippen molar-refractivity contribution in [1.29, 1.82) is 0 Å². The van der Waals surface area contributed by atoms with Crippen molar-refractivity contribution >= 4 is 16.8 Å². The Kier molecular flexibility index (Phi) is 4.88. The van der Waals surface area contributed by atoms with E-state index in [-0.39, 0.29) is 12.1 Å². The molecule has 6 heteroatoms. The molecule has 6 nitrogen and oxygen atoms in total. The number of nitrogens with one attached hydrogen (secondary N) is 2. The maximum atomic E-state index is 12.1. The summed E-state index contributed by atoms with van der Waals surface area (Å²) >= 11 is 0. The number of hydrogen-bond acceptors (Lipinski definition) is 3. The lowest BCUT2D eigenvalue weighted by Crippen LogP contribution is -2.36. The molecule has 0 saturated heterocycles. The topological polar surface area (TPSA) is 68.2 Å². The number of aromatic nitrogens is 2. The fourth-order valence-corrected chi connectivity index (χ4v) is 2.69. The number of nitrogens with zero attached hydrogens (tertiary/aromatic N) is 2. The van der Waals surface area contributed by atoms with Crippen LogP contribution in [0.2, 0.25) is 0 Å². The van der Waals surface area contributed by atoms with Crippen LogP contribution in [0, 0.1) is 0 Å². The van der Waals surface area contributed by atoms with E-state index in [0.717, 1.165) is 27.6 Å². The van der Waals surface area contributed by atoms with Crippen molar-refractivity contribution < 1.29 is 9.53 Å². The summed E-state index contributed by atoms with van der Waals surface area (Å²) in [4.78, 5) is 12.1. The van der Waals surface area contributed by atoms with Crippen LogP contribution >= 0.6 is 0 Å². The lowest BCUT2D eigenvalue weighted by atomic mass is 10.1. The first kappa shape index (κ1) is 16.8. The average Bonchev–Trinajstić information content (AvgIpc) is 3.06. The van der Waals surface area contributed by atoms with Crippen molar-refractivity contribution in [1.82, 2.24) is 20.4 Å². The fourth-order valence-electron chi connectivity index (χ4n) is 2.69. The third kappa shape index (κ3) is 4.09. The molecule has 0 aliphatic rings. The van der Waals surface area contributed by atoms with E-state index in [0.29, 0.717) is 6.54 Å². The summed E-state index contributed by atoms with van der Waals surface area (Å²) in [5.74, 6) is 0.835. The molecule has 0 saturated carbocycles. The molecule has 3 rings (SSSR count). The molecule has 0 aliphatic carbocycles. The molecule has 0 unspecified atom stereocenters. The number of ether oxygens (including phenoxy) is 1. The minimum Gasteiger partial charge on any atom is -0.497 e. The summed E-state index contributed by atoms with van der Waals surface area (Å²) < 4.78 is 6.95. The number of hydrogen-bond donors (Lipinski definition) is 2. The predicted octanol–water partition coefficient (Wildman–Crippen LogP) is 3.14. The van der Waals surface area contributed by atoms with Gasteiger partial charge in [-0.3, -0.25) is 4.68 Å². The smallest absolute Gasteiger partial charge is 0.315 e. The van der Waals surface area contributed by atoms with Gasteiger partial charge in [0.2, 0.25) is 0 Å². The molecule has 1 heterocycles. The zero-order chi connectivity index (χ0) is 17.8. The molecule has 2 aromatic carbocycles. The Labute approximate surface area is 146 Å². The van der Waals surface area contributed by atoms with Crippen molar-refractivity contribution in [3.63, 3.8) is 0 Å². The molecule has 25 heavy (non-hydrogen) atoms. The van der Waals surface area contributed by atoms with E-state index in [1.54, 1.807) is 18.0 Å². The number of carbonyl (C=O) groups is 1. The number of fused-ring (bicyclic) bond motifs is 1. The van der Waals surface area contributed by atoms with Crippen LogP contribution in [-0.2, 0) is 13.6 Å². The molecular formula is C19H22N4O2. The molecule has 0 aliphatic heterocycles. The average molecular weight is 338 g/mol. The van der Waals surface area contributed by atoms with Gasteiger partial charge in [-0.2, -0.15) is 5.10 Å². The normalized spacial score (nSPS) is 12.0. The number of amides is 2. The maximum absolute atomic E-state index is 12.1. The van der Waals surface area contributed by atoms with E-state index in [4.69, 9.17) is 4.74 Å². The summed E-state index contributed by atoms with van der Waals surface area (Å²) in [6.07, 6.45) is 3.64. The van der Waals surface area contributed by atoms with Gasteiger partial charge in [0, 0.05) is 25.4 Å². The van der Waals surface area contributed by atoms with Crippen LogP contribution in [0.5, 0.6) is 5.75 Å². The SMILES string of the molecule is COc1ccc2cc(CNC(=O)N[C@@H](C)c3cnn(C)c3)ccc2c1. The number of methoxy groups -OCH3 is 1. The van der Waals surface area contributed by atoms with Gasteiger partial charge in [0.05, 0.1) is 19.3 Å². The van der Waals surface area contributed by atoms with E-state index >= 15 is 0 Å². The van der Waals surface area contributed by atoms with E-state index < -0.39 is 0 Å². The monoisotopic (exact) mass is 338 g/mol. The van der Waals surface area contributed by atoms with Crippen LogP contribution in [0.3, 0.4) is 0 Å². The quantitative estimate of drug-likeness (QED) is 0.751. The highest BCUT2D eigenvalue weighted by molar-refractivity contribution is 5.84. The van der Waals surface area contributed by atoms with Gasteiger partial charge in [-0.1, -0.05) is 18.2 Å². The first-order valence-electron chi connectivity index (χ1n) is 8.15. The second-order valence-corrected chi connectivity index (χ2v) is 6.04. The number of benzene rings is 2. The number of aryl methyl sites for hydroxylation is 1. The molecule has 2 amide bonds. The largest absolute Gasteiger partial charge is 0.497 e. The summed E-state index contributed by atoms with van der Waals surface area (Å²) in [7, 11) is 3.51. The highest BCUT2D eigenvalue weighted by atomic mass is 16.5. The van der Waals surface area contributed by atoms with E-state index in [1.165, 1.54) is 0 Å². The molecule has 0 bridgehead atoms. The predicted molar refractivity (Wildman–Crippen MR) is 97.5 cm³/mol. The van der Waals surface area contributed by atoms with Crippen molar-refractivity contribution in [3.8, 4) is 5.75 Å². The molecule has 1 aromatic heterocycles. The van der Waals surface area contributed by atoms with Crippen LogP contribution < -0.4 is 15.4 Å². The molecular weight excluding hydrogens is 316 g/mol. The first-order valence-corrected chi connectivity index (χ1v) is 8.15. The second-order valence-electron chi connectivity index (χ2n) is 6.04. The molecule has 2 N–H and O–H groups in total. The summed E-state index contributed by atoms with van der Waals surface area (Å²) in [6, 6.07) is 11.7. The Hall–Kier alpha value is -3.02. The van der Waals surface area contributed by atoms with Crippen molar-refractivity contribution in [2.24, 2.45) is 7.05 Å². The Morgan fingerprint density at radius 3 is 2.72 bits per heavy atom. The summed E-state index contributed by atoms with van der Waals surface area (Å²) in [6.45, 7) is 2.40. The minimum atomic E-state index is -0.203. The fraction of sp³-hybridized carbons (Fsp3) is 0.263. The molecule has 1 atom stereocenters. The van der Waals surface area contributed by atoms with Gasteiger partial charge in [-0.25, -0.2) is 4.79 Å². The van der Waals surface area contributed by atoms with Gasteiger partial charge >= 0.3 is 6.03 Å². The van der Waals surface area contributed by atoms with Gasteiger partial charge in [0.25, 0.3) is 0 Å². The summed E-state index contributed by atoms with van der Waals surface area (Å²) in [5.41, 5.74) is 2.01. The molecule has 0 spiro atoms. The van der Waals surface area contributed by atoms with Gasteiger partial charge in [-0.15, -0.1) is 0 Å². The third-order valence-corrected chi connectivity index (χ3v) is 4.14. The lowest BCUT2D eigenvalue weighted by molar-refractivity contribution is 0.237. The highest BCUT2D eigenvalue weighted by Crippen LogP contribution is 2.21. The molecule has 3 aromatic rings. The zero-order valence-corrected chi connectivity index (χ0v) is 14.6. The minimum absolute atomic E-state index is 0.0993. The van der Waals surface area contributed by atoms with Crippen molar-refractivity contribution in [2.45, 2.75) is 19.5 Å². The van der Waals surface area contributed by atoms with Gasteiger partial charge in [0.1, 0.15) is 5.75 Å². The van der Waals surface area contributed by atoms with Gasteiger partial charge < -0.3 is 15.4 Å². The van der Waals surface area contributed by atoms with E-state index in [2.05, 4.69) is 21.8 Å². The highest BCUT2D eigenvalue weighted by Gasteiger charge is 2.10. The Balaban J connectivity index is 1.59. The van der Waals surface area contributed by atoms with Crippen molar-refractivity contribution in [3.05, 3.63) is 59.9 Å². The zero-order valence-electron chi connectivity index (χ0n) is 14.6. The third-order valence-electron chi connectivity index (χ3n) is 4.14. The number of urea groups is 1. The van der Waals surface area contributed by atoms with E-state index in [1.807, 2.05) is 50.5 Å². The lowest BCUT2D eigenvalue weighted by Gasteiger charge is -2.13. The number of rotatable bonds is 5. The Morgan fingerprint density at radius 2 is 2.00 bits per heavy atom. The number of carbonyl (C=O) groups excluding carboxylic acids is 1. The standard InChI is InChI=1S/C19H22N4O2/c1-13(17-11-21-23(2)12-17)22-19(24)20-10-14-4-5-16-9-18(25-3)7-6-15(16)8-14/h4-9,11-13H,10H2,1-3H3,(H2,20,22,24)/t13-/m0/s1. The van der Waals surface area contributed by atoms with Crippen LogP contribution in [0.1, 0.15) is 24.1 Å². The Morgan fingerprint density at radius 1 is 1.24 bits per heavy atom. The van der Waals surface area contributed by atoms with Crippen LogP contribution in [-0.4, -0.2) is 22.9 Å². The molecule has 0 fully saturated rings. The van der Waals surface area contributed by atoms with Crippen LogP contribution in [0.15, 0.2) is 48.8 Å². The van der Waals surface area contributed by atoms with Crippen molar-refractivity contribution in [2.75, 3.05) is 7.11 Å². The van der Waals surface area contributed by atoms with Crippen LogP contribution in [0.25, 0.3) is 10.8 Å². The first-order chi connectivity index (χ1) is 12.0. The Bertz CT molecular complexity index is 888. The summed E-state index contributed by atoms with van der Waals surface area (Å²) in [5, 5.41) is 12.1. The second kappa shape index (κ2) is 7.25. The van der Waals surface area contributed by atoms with Gasteiger partial charge in [0.15, 0.2) is 0 Å². The maximum Gasteiger partial charge on any atom is 0.315 e. The molecule has 130 valence electrons. The molecule has 0 radical (unpaired) electrons.